The Labute approximate surface area is 199 Å². The van der Waals surface area contributed by atoms with Crippen LogP contribution in [0.15, 0.2) is 47.4 Å². The third-order valence-corrected chi connectivity index (χ3v) is 6.35. The van der Waals surface area contributed by atoms with Crippen molar-refractivity contribution in [2.75, 3.05) is 18.2 Å². The van der Waals surface area contributed by atoms with E-state index in [1.165, 1.54) is 30.2 Å². The van der Waals surface area contributed by atoms with Crippen LogP contribution in [0.2, 0.25) is 5.02 Å². The Morgan fingerprint density at radius 3 is 2.33 bits per heavy atom. The highest BCUT2D eigenvalue weighted by molar-refractivity contribution is 7.90. The van der Waals surface area contributed by atoms with Gasteiger partial charge in [-0.05, 0) is 36.6 Å². The Hall–Kier alpha value is -2.71. The first-order valence-corrected chi connectivity index (χ1v) is 12.9. The predicted molar refractivity (Wildman–Crippen MR) is 127 cm³/mol. The van der Waals surface area contributed by atoms with Gasteiger partial charge in [0.25, 0.3) is 5.91 Å². The van der Waals surface area contributed by atoms with E-state index in [9.17, 15) is 22.8 Å². The smallest absolute Gasteiger partial charge is 0.306 e. The molecule has 0 saturated carbocycles. The number of hydrogen-bond donors (Lipinski definition) is 1. The first kappa shape index (κ1) is 26.5. The van der Waals surface area contributed by atoms with E-state index in [0.29, 0.717) is 5.56 Å². The summed E-state index contributed by atoms with van der Waals surface area (Å²) in [6.07, 6.45) is 5.25. The molecule has 9 heteroatoms. The molecule has 0 aliphatic rings. The lowest BCUT2D eigenvalue weighted by atomic mass is 10.0. The zero-order valence-electron chi connectivity index (χ0n) is 18.7. The van der Waals surface area contributed by atoms with Gasteiger partial charge >= 0.3 is 5.97 Å². The molecular weight excluding hydrogens is 466 g/mol. The number of sulfone groups is 1. The normalized spacial score (nSPS) is 11.1. The van der Waals surface area contributed by atoms with E-state index >= 15 is 0 Å². The van der Waals surface area contributed by atoms with Crippen molar-refractivity contribution in [1.29, 1.82) is 0 Å². The first-order valence-electron chi connectivity index (χ1n) is 10.7. The second-order valence-electron chi connectivity index (χ2n) is 7.70. The second-order valence-corrected chi connectivity index (χ2v) is 10.1. The molecule has 0 bridgehead atoms. The van der Waals surface area contributed by atoms with Crippen molar-refractivity contribution >= 4 is 44.8 Å². The maximum atomic E-state index is 12.3. The molecule has 0 spiro atoms. The molecule has 0 aliphatic heterocycles. The lowest BCUT2D eigenvalue weighted by molar-refractivity contribution is -0.147. The van der Waals surface area contributed by atoms with Crippen LogP contribution in [0.1, 0.15) is 54.9 Å². The minimum absolute atomic E-state index is 0.00769. The molecule has 1 amide bonds. The fourth-order valence-corrected chi connectivity index (χ4v) is 3.84. The van der Waals surface area contributed by atoms with Crippen LogP contribution in [0.4, 0.5) is 5.69 Å². The first-order chi connectivity index (χ1) is 15.6. The summed E-state index contributed by atoms with van der Waals surface area (Å²) in [5.41, 5.74) is 1.79. The number of halogens is 1. The number of benzene rings is 2. The quantitative estimate of drug-likeness (QED) is 0.262. The minimum atomic E-state index is -3.48. The van der Waals surface area contributed by atoms with Gasteiger partial charge in [0.05, 0.1) is 22.0 Å². The molecule has 0 aromatic heterocycles. The van der Waals surface area contributed by atoms with Crippen molar-refractivity contribution in [2.45, 2.75) is 50.3 Å². The van der Waals surface area contributed by atoms with Crippen molar-refractivity contribution in [3.63, 3.8) is 0 Å². The average Bonchev–Trinajstić information content (AvgIpc) is 2.77. The average molecular weight is 494 g/mol. The molecule has 0 unspecified atom stereocenters. The molecule has 0 fully saturated rings. The Kier molecular flexibility index (Phi) is 10.1. The van der Waals surface area contributed by atoms with Gasteiger partial charge in [0.15, 0.2) is 22.2 Å². The number of unbranched alkanes of at least 4 members (excludes halogenated alkanes) is 2. The number of esters is 1. The summed E-state index contributed by atoms with van der Waals surface area (Å²) in [7, 11) is -3.48. The predicted octanol–water partition coefficient (Wildman–Crippen LogP) is 4.62. The topological polar surface area (TPSA) is 107 Å². The van der Waals surface area contributed by atoms with Gasteiger partial charge in [-0.1, -0.05) is 55.6 Å². The number of amides is 1. The van der Waals surface area contributed by atoms with Gasteiger partial charge in [0.2, 0.25) is 0 Å². The molecule has 0 saturated heterocycles. The molecule has 2 aromatic carbocycles. The number of rotatable bonds is 12. The van der Waals surface area contributed by atoms with Crippen molar-refractivity contribution in [3.05, 3.63) is 58.6 Å². The number of carbonyl (C=O) groups is 3. The molecule has 2 rings (SSSR count). The van der Waals surface area contributed by atoms with Gasteiger partial charge in [0, 0.05) is 18.2 Å². The van der Waals surface area contributed by atoms with E-state index in [-0.39, 0.29) is 34.2 Å². The van der Waals surface area contributed by atoms with E-state index in [2.05, 4.69) is 12.2 Å². The zero-order chi connectivity index (χ0) is 24.4. The minimum Gasteiger partial charge on any atom is -0.456 e. The number of carbonyl (C=O) groups excluding carboxylic acids is 3. The summed E-state index contributed by atoms with van der Waals surface area (Å²) in [4.78, 5) is 36.3. The lowest BCUT2D eigenvalue weighted by Gasteiger charge is -2.09. The molecule has 0 heterocycles. The van der Waals surface area contributed by atoms with Crippen LogP contribution in [-0.4, -0.2) is 38.9 Å². The maximum absolute atomic E-state index is 12.3. The van der Waals surface area contributed by atoms with Crippen LogP contribution in [-0.2, 0) is 30.6 Å². The Bertz CT molecular complexity index is 1100. The third kappa shape index (κ3) is 8.98. The third-order valence-electron chi connectivity index (χ3n) is 4.91. The molecule has 178 valence electrons. The summed E-state index contributed by atoms with van der Waals surface area (Å²) in [5.74, 6) is -1.55. The molecule has 33 heavy (non-hydrogen) atoms. The van der Waals surface area contributed by atoms with Gasteiger partial charge in [-0.2, -0.15) is 0 Å². The van der Waals surface area contributed by atoms with Crippen LogP contribution >= 0.6 is 11.6 Å². The van der Waals surface area contributed by atoms with Crippen LogP contribution in [0.3, 0.4) is 0 Å². The zero-order valence-corrected chi connectivity index (χ0v) is 20.3. The van der Waals surface area contributed by atoms with E-state index in [0.717, 1.165) is 25.5 Å². The second kappa shape index (κ2) is 12.5. The van der Waals surface area contributed by atoms with Crippen LogP contribution in [0.25, 0.3) is 0 Å². The van der Waals surface area contributed by atoms with Gasteiger partial charge in [0.1, 0.15) is 0 Å². The molecule has 2 aromatic rings. The lowest BCUT2D eigenvalue weighted by Crippen LogP contribution is -2.21. The summed E-state index contributed by atoms with van der Waals surface area (Å²) in [5, 5.41) is 2.56. The van der Waals surface area contributed by atoms with Gasteiger partial charge in [-0.15, -0.1) is 0 Å². The number of nitrogens with one attached hydrogen (secondary N) is 1. The van der Waals surface area contributed by atoms with Crippen molar-refractivity contribution in [2.24, 2.45) is 0 Å². The van der Waals surface area contributed by atoms with Crippen LogP contribution in [0, 0.1) is 0 Å². The molecule has 0 aliphatic carbocycles. The number of anilines is 1. The SMILES string of the molecule is CCCCCc1ccc(C(=O)CCC(=O)OCC(=O)Nc2cc(S(C)(=O)=O)ccc2Cl)cc1. The molecular formula is C24H28ClNO6S. The highest BCUT2D eigenvalue weighted by Gasteiger charge is 2.15. The molecule has 7 nitrogen and oxygen atoms in total. The number of ether oxygens (including phenoxy) is 1. The number of aryl methyl sites for hydroxylation is 1. The van der Waals surface area contributed by atoms with Gasteiger partial charge in [-0.3, -0.25) is 14.4 Å². The van der Waals surface area contributed by atoms with Crippen molar-refractivity contribution in [3.8, 4) is 0 Å². The van der Waals surface area contributed by atoms with Gasteiger partial charge in [-0.25, -0.2) is 8.42 Å². The largest absolute Gasteiger partial charge is 0.456 e. The summed E-state index contributed by atoms with van der Waals surface area (Å²) >= 11 is 5.98. The molecule has 0 radical (unpaired) electrons. The highest BCUT2D eigenvalue weighted by Crippen LogP contribution is 2.25. The van der Waals surface area contributed by atoms with E-state index in [1.807, 2.05) is 12.1 Å². The Morgan fingerprint density at radius 2 is 1.70 bits per heavy atom. The summed E-state index contributed by atoms with van der Waals surface area (Å²) in [6, 6.07) is 11.3. The number of ketones is 1. The fourth-order valence-electron chi connectivity index (χ4n) is 3.03. The number of Topliss-reactive ketones (excluding diaryl/α,β-unsaturated/α-hetero) is 1. The summed E-state index contributed by atoms with van der Waals surface area (Å²) in [6.45, 7) is 1.56. The molecule has 1 N–H and O–H groups in total. The van der Waals surface area contributed by atoms with Crippen LogP contribution < -0.4 is 5.32 Å². The monoisotopic (exact) mass is 493 g/mol. The highest BCUT2D eigenvalue weighted by atomic mass is 35.5. The summed E-state index contributed by atoms with van der Waals surface area (Å²) < 4.78 is 28.2. The van der Waals surface area contributed by atoms with E-state index in [1.54, 1.807) is 12.1 Å². The van der Waals surface area contributed by atoms with Crippen LogP contribution in [0.5, 0.6) is 0 Å². The maximum Gasteiger partial charge on any atom is 0.306 e. The number of hydrogen-bond acceptors (Lipinski definition) is 6. The Morgan fingerprint density at radius 1 is 1.00 bits per heavy atom. The standard InChI is InChI=1S/C24H28ClNO6S/c1-3-4-5-6-17-7-9-18(10-8-17)22(27)13-14-24(29)32-16-23(28)26-21-15-19(33(2,30)31)11-12-20(21)25/h7-12,15H,3-6,13-14,16H2,1-2H3,(H,26,28). The van der Waals surface area contributed by atoms with E-state index in [4.69, 9.17) is 16.3 Å². The fraction of sp³-hybridized carbons (Fsp3) is 0.375. The van der Waals surface area contributed by atoms with Crippen molar-refractivity contribution < 1.29 is 27.5 Å². The van der Waals surface area contributed by atoms with Crippen molar-refractivity contribution in [1.82, 2.24) is 0 Å². The molecule has 0 atom stereocenters. The van der Waals surface area contributed by atoms with Gasteiger partial charge < -0.3 is 10.1 Å². The van der Waals surface area contributed by atoms with E-state index < -0.39 is 28.3 Å². The Balaban J connectivity index is 1.79.